The zero-order chi connectivity index (χ0) is 14.5. The van der Waals surface area contributed by atoms with Gasteiger partial charge in [0.25, 0.3) is 0 Å². The number of methoxy groups -OCH3 is 2. The molecule has 0 spiro atoms. The minimum absolute atomic E-state index is 0.187. The van der Waals surface area contributed by atoms with E-state index in [2.05, 4.69) is 6.92 Å². The van der Waals surface area contributed by atoms with Crippen LogP contribution in [0.4, 0.5) is 0 Å². The predicted octanol–water partition coefficient (Wildman–Crippen LogP) is 4.38. The van der Waals surface area contributed by atoms with E-state index in [1.807, 2.05) is 30.3 Å². The van der Waals surface area contributed by atoms with E-state index in [0.717, 1.165) is 23.5 Å². The van der Waals surface area contributed by atoms with Crippen LogP contribution in [0.3, 0.4) is 0 Å². The molecule has 2 aromatic rings. The SMILES string of the molecule is CCc1ccc(C(Cl)Cc2ccc(OC)c(OC)c2)o1. The summed E-state index contributed by atoms with van der Waals surface area (Å²) < 4.78 is 16.2. The molecule has 1 unspecified atom stereocenters. The van der Waals surface area contributed by atoms with Gasteiger partial charge in [-0.05, 0) is 36.2 Å². The quantitative estimate of drug-likeness (QED) is 0.741. The Labute approximate surface area is 124 Å². The number of halogens is 1. The van der Waals surface area contributed by atoms with Crippen LogP contribution in [-0.4, -0.2) is 14.2 Å². The summed E-state index contributed by atoms with van der Waals surface area (Å²) in [6, 6.07) is 9.73. The number of benzene rings is 1. The van der Waals surface area contributed by atoms with E-state index >= 15 is 0 Å². The highest BCUT2D eigenvalue weighted by Gasteiger charge is 2.14. The Balaban J connectivity index is 2.12. The third-order valence-corrected chi connectivity index (χ3v) is 3.57. The van der Waals surface area contributed by atoms with Crippen molar-refractivity contribution in [1.29, 1.82) is 0 Å². The molecular weight excluding hydrogens is 276 g/mol. The van der Waals surface area contributed by atoms with Gasteiger partial charge in [-0.25, -0.2) is 0 Å². The van der Waals surface area contributed by atoms with Gasteiger partial charge >= 0.3 is 0 Å². The summed E-state index contributed by atoms with van der Waals surface area (Å²) >= 11 is 6.41. The zero-order valence-electron chi connectivity index (χ0n) is 12.0. The van der Waals surface area contributed by atoms with Crippen molar-refractivity contribution in [3.8, 4) is 11.5 Å². The molecule has 0 fully saturated rings. The first-order chi connectivity index (χ1) is 9.67. The Morgan fingerprint density at radius 1 is 1.10 bits per heavy atom. The van der Waals surface area contributed by atoms with Crippen LogP contribution in [-0.2, 0) is 12.8 Å². The molecule has 0 radical (unpaired) electrons. The van der Waals surface area contributed by atoms with Crippen LogP contribution in [0.2, 0.25) is 0 Å². The Bertz CT molecular complexity index is 563. The minimum Gasteiger partial charge on any atom is -0.493 e. The van der Waals surface area contributed by atoms with Crippen LogP contribution in [0.15, 0.2) is 34.7 Å². The van der Waals surface area contributed by atoms with Crippen LogP contribution in [0.5, 0.6) is 11.5 Å². The molecule has 0 bridgehead atoms. The number of hydrogen-bond acceptors (Lipinski definition) is 3. The highest BCUT2D eigenvalue weighted by Crippen LogP contribution is 2.32. The molecule has 3 nitrogen and oxygen atoms in total. The maximum absolute atomic E-state index is 6.41. The molecule has 1 heterocycles. The van der Waals surface area contributed by atoms with Gasteiger partial charge < -0.3 is 13.9 Å². The van der Waals surface area contributed by atoms with Crippen molar-refractivity contribution in [2.45, 2.75) is 25.1 Å². The molecule has 0 saturated heterocycles. The monoisotopic (exact) mass is 294 g/mol. The van der Waals surface area contributed by atoms with Crippen molar-refractivity contribution >= 4 is 11.6 Å². The van der Waals surface area contributed by atoms with E-state index in [9.17, 15) is 0 Å². The van der Waals surface area contributed by atoms with E-state index in [-0.39, 0.29) is 5.38 Å². The summed E-state index contributed by atoms with van der Waals surface area (Å²) in [5, 5.41) is -0.187. The molecule has 4 heteroatoms. The minimum atomic E-state index is -0.187. The van der Waals surface area contributed by atoms with Crippen molar-refractivity contribution in [1.82, 2.24) is 0 Å². The third kappa shape index (κ3) is 3.28. The van der Waals surface area contributed by atoms with Gasteiger partial charge in [0.1, 0.15) is 11.5 Å². The van der Waals surface area contributed by atoms with E-state index in [1.54, 1.807) is 14.2 Å². The summed E-state index contributed by atoms with van der Waals surface area (Å²) in [4.78, 5) is 0. The average Bonchev–Trinajstić information content (AvgIpc) is 2.96. The maximum atomic E-state index is 6.41. The van der Waals surface area contributed by atoms with Gasteiger partial charge in [0.15, 0.2) is 11.5 Å². The zero-order valence-corrected chi connectivity index (χ0v) is 12.7. The lowest BCUT2D eigenvalue weighted by atomic mass is 10.1. The first-order valence-electron chi connectivity index (χ1n) is 6.61. The lowest BCUT2D eigenvalue weighted by Gasteiger charge is -2.11. The van der Waals surface area contributed by atoms with E-state index in [4.69, 9.17) is 25.5 Å². The molecule has 0 N–H and O–H groups in total. The summed E-state index contributed by atoms with van der Waals surface area (Å²) in [5.74, 6) is 3.19. The molecule has 1 aromatic heterocycles. The van der Waals surface area contributed by atoms with Gasteiger partial charge in [-0.1, -0.05) is 13.0 Å². The number of hydrogen-bond donors (Lipinski definition) is 0. The van der Waals surface area contributed by atoms with Crippen molar-refractivity contribution in [3.63, 3.8) is 0 Å². The number of aryl methyl sites for hydroxylation is 1. The number of rotatable bonds is 6. The van der Waals surface area contributed by atoms with Gasteiger partial charge in [0.2, 0.25) is 0 Å². The summed E-state index contributed by atoms with van der Waals surface area (Å²) in [5.41, 5.74) is 1.08. The molecule has 1 aromatic carbocycles. The third-order valence-electron chi connectivity index (χ3n) is 3.20. The van der Waals surface area contributed by atoms with Gasteiger partial charge in [0.05, 0.1) is 19.6 Å². The van der Waals surface area contributed by atoms with E-state index in [1.165, 1.54) is 0 Å². The van der Waals surface area contributed by atoms with Crippen LogP contribution >= 0.6 is 11.6 Å². The maximum Gasteiger partial charge on any atom is 0.160 e. The van der Waals surface area contributed by atoms with Gasteiger partial charge in [-0.3, -0.25) is 0 Å². The van der Waals surface area contributed by atoms with Crippen molar-refractivity contribution in [2.75, 3.05) is 14.2 Å². The molecule has 0 aliphatic carbocycles. The molecule has 108 valence electrons. The smallest absolute Gasteiger partial charge is 0.160 e. The number of furan rings is 1. The second-order valence-corrected chi connectivity index (χ2v) is 5.05. The molecule has 0 aliphatic rings. The number of alkyl halides is 1. The summed E-state index contributed by atoms with van der Waals surface area (Å²) in [6.07, 6.45) is 1.55. The molecule has 0 aliphatic heterocycles. The molecule has 0 amide bonds. The van der Waals surface area contributed by atoms with Gasteiger partial charge in [0, 0.05) is 6.42 Å². The van der Waals surface area contributed by atoms with Gasteiger partial charge in [-0.2, -0.15) is 0 Å². The predicted molar refractivity (Wildman–Crippen MR) is 79.9 cm³/mol. The first-order valence-corrected chi connectivity index (χ1v) is 7.05. The van der Waals surface area contributed by atoms with Gasteiger partial charge in [-0.15, -0.1) is 11.6 Å². The van der Waals surface area contributed by atoms with Crippen LogP contribution in [0.25, 0.3) is 0 Å². The van der Waals surface area contributed by atoms with E-state index in [0.29, 0.717) is 17.9 Å². The Morgan fingerprint density at radius 2 is 1.85 bits per heavy atom. The average molecular weight is 295 g/mol. The van der Waals surface area contributed by atoms with Crippen LogP contribution < -0.4 is 9.47 Å². The molecule has 0 saturated carbocycles. The summed E-state index contributed by atoms with van der Waals surface area (Å²) in [6.45, 7) is 2.06. The number of ether oxygens (including phenoxy) is 2. The lowest BCUT2D eigenvalue weighted by Crippen LogP contribution is -1.97. The fraction of sp³-hybridized carbons (Fsp3) is 0.375. The van der Waals surface area contributed by atoms with E-state index < -0.39 is 0 Å². The highest BCUT2D eigenvalue weighted by molar-refractivity contribution is 6.20. The fourth-order valence-corrected chi connectivity index (χ4v) is 2.36. The largest absolute Gasteiger partial charge is 0.493 e. The second-order valence-electron chi connectivity index (χ2n) is 4.52. The second kappa shape index (κ2) is 6.71. The fourth-order valence-electron chi connectivity index (χ4n) is 2.07. The molecular formula is C16H19ClO3. The Morgan fingerprint density at radius 3 is 2.45 bits per heavy atom. The van der Waals surface area contributed by atoms with Crippen molar-refractivity contribution in [2.24, 2.45) is 0 Å². The normalized spacial score (nSPS) is 12.2. The lowest BCUT2D eigenvalue weighted by molar-refractivity contribution is 0.354. The molecule has 20 heavy (non-hydrogen) atoms. The van der Waals surface area contributed by atoms with Crippen LogP contribution in [0, 0.1) is 0 Å². The van der Waals surface area contributed by atoms with Crippen molar-refractivity contribution in [3.05, 3.63) is 47.4 Å². The topological polar surface area (TPSA) is 31.6 Å². The standard InChI is InChI=1S/C16H19ClO3/c1-4-12-6-8-14(20-12)13(17)9-11-5-7-15(18-2)16(10-11)19-3/h5-8,10,13H,4,9H2,1-3H3. The molecule has 2 rings (SSSR count). The Kier molecular flexibility index (Phi) is 4.96. The highest BCUT2D eigenvalue weighted by atomic mass is 35.5. The first kappa shape index (κ1) is 14.8. The van der Waals surface area contributed by atoms with Crippen molar-refractivity contribution < 1.29 is 13.9 Å². The van der Waals surface area contributed by atoms with Crippen LogP contribution in [0.1, 0.15) is 29.4 Å². The molecule has 1 atom stereocenters. The Hall–Kier alpha value is -1.61. The summed E-state index contributed by atoms with van der Waals surface area (Å²) in [7, 11) is 3.25.